The second kappa shape index (κ2) is 27.0. The first kappa shape index (κ1) is 52.0. The van der Waals surface area contributed by atoms with Crippen LogP contribution in [0.15, 0.2) is 116 Å². The Morgan fingerprint density at radius 3 is 2.07 bits per heavy atom. The van der Waals surface area contributed by atoms with Gasteiger partial charge in [-0.25, -0.2) is 9.78 Å². The minimum Gasteiger partial charge on any atom is -0.508 e. The van der Waals surface area contributed by atoms with E-state index >= 15 is 0 Å². The van der Waals surface area contributed by atoms with Crippen LogP contribution in [0.1, 0.15) is 117 Å². The average Bonchev–Trinajstić information content (AvgIpc) is 3.79. The van der Waals surface area contributed by atoms with Crippen LogP contribution >= 0.6 is 0 Å². The van der Waals surface area contributed by atoms with Crippen LogP contribution in [0.4, 0.5) is 0 Å². The highest BCUT2D eigenvalue weighted by atomic mass is 16.5. The molecule has 0 bridgehead atoms. The first-order chi connectivity index (χ1) is 32.8. The van der Waals surface area contributed by atoms with Crippen molar-refractivity contribution in [1.82, 2.24) is 30.8 Å². The number of imidazole rings is 1. The Kier molecular flexibility index (Phi) is 20.6. The smallest absolute Gasteiger partial charge is 0.326 e. The van der Waals surface area contributed by atoms with Gasteiger partial charge in [0, 0.05) is 32.0 Å². The Morgan fingerprint density at radius 1 is 0.721 bits per heavy atom. The third-order valence-electron chi connectivity index (χ3n) is 11.8. The van der Waals surface area contributed by atoms with Crippen LogP contribution in [0.3, 0.4) is 0 Å². The first-order valence-electron chi connectivity index (χ1n) is 23.5. The summed E-state index contributed by atoms with van der Waals surface area (Å²) >= 11 is 0. The number of aromatic hydroxyl groups is 1. The largest absolute Gasteiger partial charge is 0.508 e. The van der Waals surface area contributed by atoms with Crippen molar-refractivity contribution in [1.29, 1.82) is 0 Å². The Morgan fingerprint density at radius 2 is 1.40 bits per heavy atom. The summed E-state index contributed by atoms with van der Waals surface area (Å²) in [6.45, 7) is 4.45. The summed E-state index contributed by atoms with van der Waals surface area (Å²) in [4.78, 5) is 71.2. The number of nitrogens with zero attached hydrogens (tertiary/aromatic N) is 2. The van der Waals surface area contributed by atoms with Gasteiger partial charge in [0.1, 0.15) is 23.6 Å². The summed E-state index contributed by atoms with van der Waals surface area (Å²) in [6, 6.07) is 26.5. The lowest BCUT2D eigenvalue weighted by Gasteiger charge is -2.25. The molecule has 0 aliphatic rings. The number of phenols is 1. The van der Waals surface area contributed by atoms with E-state index in [-0.39, 0.29) is 43.4 Å². The molecule has 4 amide bonds. The maximum Gasteiger partial charge on any atom is 0.326 e. The van der Waals surface area contributed by atoms with Crippen LogP contribution in [0, 0.1) is 6.92 Å². The number of benzene rings is 4. The molecule has 1 aromatic heterocycles. The summed E-state index contributed by atoms with van der Waals surface area (Å²) in [6.07, 6.45) is 10.2. The van der Waals surface area contributed by atoms with Crippen LogP contribution in [0.5, 0.6) is 11.5 Å². The summed E-state index contributed by atoms with van der Waals surface area (Å²) in [5.41, 5.74) is 11.3. The van der Waals surface area contributed by atoms with Crippen molar-refractivity contribution in [3.05, 3.63) is 149 Å². The number of phenolic OH excluding ortho intramolecular Hbond substituents is 1. The Hall–Kier alpha value is -7.00. The quantitative estimate of drug-likeness (QED) is 0.0266. The number of ether oxygens (including phenoxy) is 1. The van der Waals surface area contributed by atoms with Crippen molar-refractivity contribution in [3.63, 3.8) is 0 Å². The molecule has 68 heavy (non-hydrogen) atoms. The highest BCUT2D eigenvalue weighted by molar-refractivity contribution is 5.90. The SMILES string of the molecule is CCCCCCCC(=O)NCCCC[C@@H](NC(=O)[C@@H](N)Cc1cn(C(c2ccccc2)c2ccc(OC)cc2)cn1)C(=O)NC(CC(=O)N[C@@H](Cc1ccc(O)cc1)C(=O)O)c1ccc(C)cc1. The zero-order valence-corrected chi connectivity index (χ0v) is 39.4. The van der Waals surface area contributed by atoms with E-state index in [1.165, 1.54) is 12.1 Å². The number of aliphatic carboxylic acids is 1. The minimum atomic E-state index is -1.28. The first-order valence-corrected chi connectivity index (χ1v) is 23.5. The number of hydrogen-bond donors (Lipinski definition) is 7. The molecule has 5 rings (SSSR count). The molecule has 15 heteroatoms. The summed E-state index contributed by atoms with van der Waals surface area (Å²) in [5.74, 6) is -2.27. The average molecular weight is 930 g/mol. The number of hydrogen-bond acceptors (Lipinski definition) is 9. The monoisotopic (exact) mass is 930 g/mol. The van der Waals surface area contributed by atoms with Crippen LogP contribution in [-0.4, -0.2) is 81.1 Å². The van der Waals surface area contributed by atoms with Crippen molar-refractivity contribution in [2.24, 2.45) is 5.73 Å². The fourth-order valence-electron chi connectivity index (χ4n) is 7.96. The fourth-order valence-corrected chi connectivity index (χ4v) is 7.96. The normalized spacial score (nSPS) is 13.3. The topological polar surface area (TPSA) is 227 Å². The number of carbonyl (C=O) groups excluding carboxylic acids is 4. The molecule has 0 saturated heterocycles. The van der Waals surface area contributed by atoms with E-state index in [2.05, 4.69) is 33.2 Å². The third kappa shape index (κ3) is 16.7. The molecule has 2 unspecified atom stereocenters. The van der Waals surface area contributed by atoms with E-state index in [1.807, 2.05) is 84.4 Å². The van der Waals surface area contributed by atoms with Gasteiger partial charge in [0.2, 0.25) is 23.6 Å². The molecular weight excluding hydrogens is 863 g/mol. The molecular formula is C53H67N7O8. The number of carboxylic acid groups (broad SMARTS) is 1. The Balaban J connectivity index is 1.30. The molecule has 4 aromatic carbocycles. The number of unbranched alkanes of at least 4 members (excludes halogenated alkanes) is 5. The van der Waals surface area contributed by atoms with E-state index < -0.39 is 47.9 Å². The minimum absolute atomic E-state index is 0.0241. The van der Waals surface area contributed by atoms with E-state index in [1.54, 1.807) is 37.7 Å². The Labute approximate surface area is 399 Å². The van der Waals surface area contributed by atoms with Gasteiger partial charge in [0.25, 0.3) is 0 Å². The lowest BCUT2D eigenvalue weighted by molar-refractivity contribution is -0.142. The number of carbonyl (C=O) groups is 5. The number of carboxylic acids is 1. The standard InChI is InChI=1S/C53H67N7O8/c1-4-5-6-7-11-17-48(62)55-30-13-12-16-45(52(65)59-46(38-22-18-36(2)19-23-38)33-49(63)57-47(53(66)67)31-37-20-26-42(61)27-21-37)58-51(64)44(54)32-41-34-60(35-56-41)50(39-14-9-8-10-15-39)40-24-28-43(68-3)29-25-40/h8-10,14-15,18-29,34-35,44-47,50,61H,4-7,11-13,16-17,30-33,54H2,1-3H3,(H,55,62)(H,57,63)(H,58,64)(H,59,65)(H,66,67)/t44-,45+,46?,47-,50?/m0/s1. The van der Waals surface area contributed by atoms with Gasteiger partial charge in [-0.05, 0) is 79.1 Å². The fraction of sp³-hybridized carbons (Fsp3) is 0.396. The second-order valence-corrected chi connectivity index (χ2v) is 17.3. The maximum atomic E-state index is 14.3. The van der Waals surface area contributed by atoms with Gasteiger partial charge in [-0.1, -0.05) is 117 Å². The Bertz CT molecular complexity index is 2350. The molecule has 0 aliphatic heterocycles. The predicted molar refractivity (Wildman–Crippen MR) is 261 cm³/mol. The number of aromatic nitrogens is 2. The van der Waals surface area contributed by atoms with E-state index in [0.717, 1.165) is 54.5 Å². The van der Waals surface area contributed by atoms with Gasteiger partial charge in [-0.2, -0.15) is 0 Å². The molecule has 0 spiro atoms. The van der Waals surface area contributed by atoms with Crippen LogP contribution in [-0.2, 0) is 36.8 Å². The van der Waals surface area contributed by atoms with Crippen molar-refractivity contribution < 1.29 is 38.9 Å². The number of amides is 4. The number of methoxy groups -OCH3 is 1. The molecule has 0 aliphatic carbocycles. The summed E-state index contributed by atoms with van der Waals surface area (Å²) in [5, 5.41) is 31.1. The summed E-state index contributed by atoms with van der Waals surface area (Å²) in [7, 11) is 1.62. The van der Waals surface area contributed by atoms with Crippen LogP contribution in [0.25, 0.3) is 0 Å². The second-order valence-electron chi connectivity index (χ2n) is 17.3. The lowest BCUT2D eigenvalue weighted by Crippen LogP contribution is -2.53. The number of aryl methyl sites for hydroxylation is 1. The van der Waals surface area contributed by atoms with Crippen molar-refractivity contribution >= 4 is 29.6 Å². The van der Waals surface area contributed by atoms with Gasteiger partial charge in [-0.3, -0.25) is 19.2 Å². The van der Waals surface area contributed by atoms with Crippen molar-refractivity contribution in [3.8, 4) is 11.5 Å². The number of nitrogens with two attached hydrogens (primary N) is 1. The number of rotatable bonds is 28. The van der Waals surface area contributed by atoms with Gasteiger partial charge in [-0.15, -0.1) is 0 Å². The third-order valence-corrected chi connectivity index (χ3v) is 11.8. The van der Waals surface area contributed by atoms with Gasteiger partial charge < -0.3 is 46.5 Å². The van der Waals surface area contributed by atoms with Gasteiger partial charge >= 0.3 is 5.97 Å². The number of nitrogens with one attached hydrogen (secondary N) is 4. The van der Waals surface area contributed by atoms with Crippen molar-refractivity contribution in [2.45, 2.75) is 121 Å². The highest BCUT2D eigenvalue weighted by Crippen LogP contribution is 2.29. The molecule has 0 radical (unpaired) electrons. The summed E-state index contributed by atoms with van der Waals surface area (Å²) < 4.78 is 7.35. The van der Waals surface area contributed by atoms with E-state index in [0.29, 0.717) is 42.6 Å². The van der Waals surface area contributed by atoms with Crippen LogP contribution < -0.4 is 31.7 Å². The highest BCUT2D eigenvalue weighted by Gasteiger charge is 2.29. The van der Waals surface area contributed by atoms with E-state index in [4.69, 9.17) is 10.5 Å². The van der Waals surface area contributed by atoms with Gasteiger partial charge in [0.15, 0.2) is 0 Å². The van der Waals surface area contributed by atoms with Gasteiger partial charge in [0.05, 0.1) is 43.7 Å². The lowest BCUT2D eigenvalue weighted by atomic mass is 9.98. The van der Waals surface area contributed by atoms with E-state index in [9.17, 15) is 34.2 Å². The molecule has 0 fully saturated rings. The predicted octanol–water partition coefficient (Wildman–Crippen LogP) is 6.60. The molecule has 362 valence electrons. The molecule has 5 aromatic rings. The van der Waals surface area contributed by atoms with Crippen LogP contribution in [0.2, 0.25) is 0 Å². The molecule has 15 nitrogen and oxygen atoms in total. The molecule has 0 saturated carbocycles. The van der Waals surface area contributed by atoms with Crippen molar-refractivity contribution in [2.75, 3.05) is 13.7 Å². The molecule has 5 atom stereocenters. The zero-order chi connectivity index (χ0) is 48.8. The maximum absolute atomic E-state index is 14.3. The molecule has 8 N–H and O–H groups in total. The zero-order valence-electron chi connectivity index (χ0n) is 39.4. The molecule has 1 heterocycles.